The molecule has 1 saturated heterocycles. The van der Waals surface area contributed by atoms with Gasteiger partial charge in [-0.25, -0.2) is 0 Å². The molecule has 3 nitrogen and oxygen atoms in total. The van der Waals surface area contributed by atoms with Gasteiger partial charge in [0.1, 0.15) is 0 Å². The molecule has 0 radical (unpaired) electrons. The van der Waals surface area contributed by atoms with E-state index in [0.29, 0.717) is 18.0 Å². The van der Waals surface area contributed by atoms with Crippen molar-refractivity contribution in [3.63, 3.8) is 0 Å². The summed E-state index contributed by atoms with van der Waals surface area (Å²) in [6.45, 7) is 12.3. The lowest BCUT2D eigenvalue weighted by atomic mass is 9.74. The highest BCUT2D eigenvalue weighted by atomic mass is 16.2. The molecule has 0 aliphatic carbocycles. The van der Waals surface area contributed by atoms with Gasteiger partial charge >= 0.3 is 0 Å². The lowest BCUT2D eigenvalue weighted by Gasteiger charge is -2.40. The Bertz CT molecular complexity index is 276. The highest BCUT2D eigenvalue weighted by Gasteiger charge is 2.32. The molecule has 3 heteroatoms. The van der Waals surface area contributed by atoms with Crippen molar-refractivity contribution in [2.45, 2.75) is 33.6 Å². The van der Waals surface area contributed by atoms with Crippen molar-refractivity contribution in [1.82, 2.24) is 4.90 Å². The molecular formula is C13H24N2O. The average Bonchev–Trinajstić information content (AvgIpc) is 2.28. The van der Waals surface area contributed by atoms with Gasteiger partial charge in [-0.05, 0) is 37.6 Å². The zero-order valence-corrected chi connectivity index (χ0v) is 10.8. The molecule has 1 heterocycles. The third-order valence-corrected chi connectivity index (χ3v) is 3.78. The Morgan fingerprint density at radius 1 is 1.44 bits per heavy atom. The van der Waals surface area contributed by atoms with Crippen molar-refractivity contribution in [1.29, 1.82) is 0 Å². The van der Waals surface area contributed by atoms with Crippen LogP contribution in [0.4, 0.5) is 0 Å². The van der Waals surface area contributed by atoms with Crippen LogP contribution in [0, 0.1) is 11.3 Å². The summed E-state index contributed by atoms with van der Waals surface area (Å²) < 4.78 is 0. The van der Waals surface area contributed by atoms with Crippen molar-refractivity contribution in [2.24, 2.45) is 17.1 Å². The predicted molar refractivity (Wildman–Crippen MR) is 67.0 cm³/mol. The van der Waals surface area contributed by atoms with Gasteiger partial charge in [0.05, 0.1) is 0 Å². The molecule has 1 rings (SSSR count). The second-order valence-electron chi connectivity index (χ2n) is 5.54. The minimum absolute atomic E-state index is 0.101. The molecule has 1 aliphatic heterocycles. The minimum Gasteiger partial charge on any atom is -0.339 e. The van der Waals surface area contributed by atoms with E-state index in [9.17, 15) is 4.79 Å². The van der Waals surface area contributed by atoms with Gasteiger partial charge in [-0.3, -0.25) is 4.79 Å². The molecule has 0 aromatic rings. The summed E-state index contributed by atoms with van der Waals surface area (Å²) >= 11 is 0. The monoisotopic (exact) mass is 224 g/mol. The lowest BCUT2D eigenvalue weighted by molar-refractivity contribution is -0.128. The average molecular weight is 224 g/mol. The van der Waals surface area contributed by atoms with E-state index in [1.54, 1.807) is 6.92 Å². The third kappa shape index (κ3) is 2.85. The van der Waals surface area contributed by atoms with E-state index in [4.69, 9.17) is 5.73 Å². The van der Waals surface area contributed by atoms with Crippen molar-refractivity contribution in [3.8, 4) is 0 Å². The highest BCUT2D eigenvalue weighted by molar-refractivity contribution is 5.92. The van der Waals surface area contributed by atoms with Gasteiger partial charge < -0.3 is 10.6 Å². The second kappa shape index (κ2) is 5.00. The molecule has 0 aromatic heterocycles. The van der Waals surface area contributed by atoms with Crippen molar-refractivity contribution >= 4 is 5.91 Å². The smallest absolute Gasteiger partial charge is 0.248 e. The molecule has 0 unspecified atom stereocenters. The van der Waals surface area contributed by atoms with Crippen LogP contribution in [-0.4, -0.2) is 30.4 Å². The third-order valence-electron chi connectivity index (χ3n) is 3.78. The summed E-state index contributed by atoms with van der Waals surface area (Å²) in [5, 5.41) is 0. The first-order chi connectivity index (χ1) is 7.38. The number of hydrogen-bond acceptors (Lipinski definition) is 2. The van der Waals surface area contributed by atoms with Gasteiger partial charge in [0.25, 0.3) is 0 Å². The fourth-order valence-corrected chi connectivity index (χ4v) is 2.30. The van der Waals surface area contributed by atoms with Gasteiger partial charge in [0.2, 0.25) is 5.91 Å². The van der Waals surface area contributed by atoms with Crippen molar-refractivity contribution in [3.05, 3.63) is 12.2 Å². The summed E-state index contributed by atoms with van der Waals surface area (Å²) in [7, 11) is 0. The molecule has 1 aliphatic rings. The van der Waals surface area contributed by atoms with Gasteiger partial charge in [-0.2, -0.15) is 0 Å². The molecule has 92 valence electrons. The van der Waals surface area contributed by atoms with Gasteiger partial charge in [0, 0.05) is 18.7 Å². The van der Waals surface area contributed by atoms with Crippen LogP contribution in [0.5, 0.6) is 0 Å². The predicted octanol–water partition coefficient (Wildman–Crippen LogP) is 1.79. The maximum absolute atomic E-state index is 11.7. The molecule has 0 spiro atoms. The molecule has 0 bridgehead atoms. The highest BCUT2D eigenvalue weighted by Crippen LogP contribution is 2.34. The Hall–Kier alpha value is -0.830. The Kier molecular flexibility index (Phi) is 4.14. The summed E-state index contributed by atoms with van der Waals surface area (Å²) in [5.41, 5.74) is 6.61. The summed E-state index contributed by atoms with van der Waals surface area (Å²) in [4.78, 5) is 13.6. The van der Waals surface area contributed by atoms with Crippen LogP contribution in [0.15, 0.2) is 12.2 Å². The Balaban J connectivity index is 2.52. The molecule has 2 N–H and O–H groups in total. The number of nitrogens with two attached hydrogens (primary N) is 1. The molecule has 0 saturated carbocycles. The van der Waals surface area contributed by atoms with E-state index in [1.165, 1.54) is 0 Å². The number of piperidine rings is 1. The van der Waals surface area contributed by atoms with Crippen LogP contribution < -0.4 is 5.73 Å². The maximum Gasteiger partial charge on any atom is 0.248 e. The van der Waals surface area contributed by atoms with Crippen molar-refractivity contribution in [2.75, 3.05) is 19.6 Å². The fourth-order valence-electron chi connectivity index (χ4n) is 2.30. The minimum atomic E-state index is 0.101. The zero-order valence-electron chi connectivity index (χ0n) is 10.8. The van der Waals surface area contributed by atoms with E-state index in [-0.39, 0.29) is 11.3 Å². The van der Waals surface area contributed by atoms with Gasteiger partial charge in [-0.1, -0.05) is 20.4 Å². The topological polar surface area (TPSA) is 46.3 Å². The number of carbonyl (C=O) groups is 1. The fraction of sp³-hybridized carbons (Fsp3) is 0.769. The Morgan fingerprint density at radius 3 is 2.31 bits per heavy atom. The molecule has 16 heavy (non-hydrogen) atoms. The van der Waals surface area contributed by atoms with E-state index in [1.807, 2.05) is 4.90 Å². The zero-order chi connectivity index (χ0) is 12.3. The number of hydrogen-bond donors (Lipinski definition) is 1. The molecular weight excluding hydrogens is 200 g/mol. The molecule has 1 amide bonds. The first-order valence-corrected chi connectivity index (χ1v) is 6.03. The first kappa shape index (κ1) is 13.2. The molecule has 0 aromatic carbocycles. The quantitative estimate of drug-likeness (QED) is 0.743. The van der Waals surface area contributed by atoms with Crippen LogP contribution in [0.1, 0.15) is 33.6 Å². The second-order valence-corrected chi connectivity index (χ2v) is 5.54. The molecule has 1 fully saturated rings. The van der Waals surface area contributed by atoms with Crippen LogP contribution in [0.2, 0.25) is 0 Å². The normalized spacial score (nSPS) is 18.6. The van der Waals surface area contributed by atoms with Crippen LogP contribution in [0.25, 0.3) is 0 Å². The van der Waals surface area contributed by atoms with Crippen LogP contribution in [0.3, 0.4) is 0 Å². The lowest BCUT2D eigenvalue weighted by Crippen LogP contribution is -2.44. The molecule has 0 atom stereocenters. The SMILES string of the molecule is C=C(C)C(=O)N1CCC(C(C)(C)CN)CC1. The van der Waals surface area contributed by atoms with Crippen LogP contribution >= 0.6 is 0 Å². The number of carbonyl (C=O) groups excluding carboxylic acids is 1. The van der Waals surface area contributed by atoms with E-state index >= 15 is 0 Å². The van der Waals surface area contributed by atoms with Gasteiger partial charge in [0.15, 0.2) is 0 Å². The Morgan fingerprint density at radius 2 is 1.94 bits per heavy atom. The summed E-state index contributed by atoms with van der Waals surface area (Å²) in [6.07, 6.45) is 2.12. The van der Waals surface area contributed by atoms with Crippen molar-refractivity contribution < 1.29 is 4.79 Å². The Labute approximate surface area is 98.7 Å². The summed E-state index contributed by atoms with van der Waals surface area (Å²) in [6, 6.07) is 0. The first-order valence-electron chi connectivity index (χ1n) is 6.03. The standard InChI is InChI=1S/C13H24N2O/c1-10(2)12(16)15-7-5-11(6-8-15)13(3,4)9-14/h11H,1,5-9,14H2,2-4H3. The maximum atomic E-state index is 11.7. The van der Waals surface area contributed by atoms with Gasteiger partial charge in [-0.15, -0.1) is 0 Å². The van der Waals surface area contributed by atoms with E-state index in [2.05, 4.69) is 20.4 Å². The van der Waals surface area contributed by atoms with Crippen LogP contribution in [-0.2, 0) is 4.79 Å². The van der Waals surface area contributed by atoms with E-state index in [0.717, 1.165) is 25.9 Å². The number of likely N-dealkylation sites (tertiary alicyclic amines) is 1. The number of nitrogens with zero attached hydrogens (tertiary/aromatic N) is 1. The largest absolute Gasteiger partial charge is 0.339 e. The van der Waals surface area contributed by atoms with E-state index < -0.39 is 0 Å². The number of rotatable bonds is 3. The number of amides is 1. The summed E-state index contributed by atoms with van der Waals surface area (Å²) in [5.74, 6) is 0.732.